The van der Waals surface area contributed by atoms with Crippen molar-refractivity contribution in [1.29, 1.82) is 0 Å². The van der Waals surface area contributed by atoms with Crippen molar-refractivity contribution in [3.05, 3.63) is 65.7 Å². The molecule has 3 aliphatic heterocycles. The van der Waals surface area contributed by atoms with Crippen LogP contribution in [0.2, 0.25) is 0 Å². The maximum Gasteiger partial charge on any atom is 0.534 e. The van der Waals surface area contributed by atoms with Crippen molar-refractivity contribution in [2.24, 2.45) is 0 Å². The van der Waals surface area contributed by atoms with Crippen LogP contribution in [0.3, 0.4) is 0 Å². The number of fused-ring (bicyclic) bond motifs is 9. The van der Waals surface area contributed by atoms with Gasteiger partial charge in [-0.25, -0.2) is 19.7 Å². The Labute approximate surface area is 288 Å². The number of carbonyl (C=O) groups excluding carboxylic acids is 2. The number of carbonyl (C=O) groups is 2. The van der Waals surface area contributed by atoms with Crippen molar-refractivity contribution in [1.82, 2.24) is 29.7 Å². The predicted octanol–water partition coefficient (Wildman–Crippen LogP) is 3.92. The minimum atomic E-state index is -6.17. The number of benzene rings is 2. The average molecular weight is 719 g/mol. The Balaban J connectivity index is 1.24. The molecule has 0 unspecified atom stereocenters. The Hall–Kier alpha value is -4.97. The molecule has 0 radical (unpaired) electrons. The number of imidazole rings is 1. The Kier molecular flexibility index (Phi) is 6.91. The van der Waals surface area contributed by atoms with E-state index in [0.29, 0.717) is 27.1 Å². The fraction of sp³-hybridized carbons (Fsp3) is 0.406. The van der Waals surface area contributed by atoms with Crippen molar-refractivity contribution >= 4 is 39.1 Å². The fourth-order valence-electron chi connectivity index (χ4n) is 6.51. The number of nitrogens with zero attached hydrogens (tertiary/aromatic N) is 6. The van der Waals surface area contributed by atoms with E-state index in [-0.39, 0.29) is 42.4 Å². The standard InChI is InChI=1S/C32H32F3N7O7S/c1-31(2,3)48-30(45)39-20-14-41(15-24(20)43)29-36-12-17(13-37-29)16-8-9-19-21(10-16)42-22-11-23(27(42)38-19)40(4)28(44)18-6-5-7-25(26(18)22)49-50(46,47)32(33,34)35/h5-10,12-13,20,22-24,43H,11,14-15H2,1-4H3,(H,39,45)/t20-,22+,23+,24-/m0/s1/i4D3. The normalized spacial score (nSPS) is 23.1. The number of nitrogens with one attached hydrogen (secondary N) is 1. The molecule has 1 fully saturated rings. The molecule has 0 spiro atoms. The van der Waals surface area contributed by atoms with Crippen LogP contribution in [0.25, 0.3) is 22.2 Å². The number of hydrogen-bond donors (Lipinski definition) is 2. The zero-order valence-electron chi connectivity index (χ0n) is 29.7. The lowest BCUT2D eigenvalue weighted by Gasteiger charge is -2.24. The number of anilines is 1. The third kappa shape index (κ3) is 5.74. The van der Waals surface area contributed by atoms with Gasteiger partial charge in [0.15, 0.2) is 0 Å². The number of β-amino-alcohol motifs (C(OH)–C–C–N with tert-alkyl or cyclic N) is 1. The van der Waals surface area contributed by atoms with Crippen molar-refractivity contribution in [2.45, 2.75) is 62.5 Å². The third-order valence-electron chi connectivity index (χ3n) is 8.66. The first-order valence-electron chi connectivity index (χ1n) is 16.9. The quantitative estimate of drug-likeness (QED) is 0.227. The second-order valence-corrected chi connectivity index (χ2v) is 14.7. The molecular weight excluding hydrogens is 683 g/mol. The van der Waals surface area contributed by atoms with E-state index in [2.05, 4.69) is 24.5 Å². The zero-order chi connectivity index (χ0) is 38.4. The number of aliphatic hydroxyl groups excluding tert-OH is 1. The topological polar surface area (TPSA) is 169 Å². The highest BCUT2D eigenvalue weighted by Crippen LogP contribution is 2.50. The lowest BCUT2D eigenvalue weighted by molar-refractivity contribution is -0.0500. The summed E-state index contributed by atoms with van der Waals surface area (Å²) in [6.07, 6.45) is 1.34. The smallest absolute Gasteiger partial charge is 0.444 e. The number of ether oxygens (including phenoxy) is 1. The summed E-state index contributed by atoms with van der Waals surface area (Å²) in [7, 11) is -6.17. The van der Waals surface area contributed by atoms with Gasteiger partial charge in [0.05, 0.1) is 35.3 Å². The molecule has 0 saturated carbocycles. The van der Waals surface area contributed by atoms with Gasteiger partial charge in [0, 0.05) is 59.7 Å². The summed E-state index contributed by atoms with van der Waals surface area (Å²) in [6, 6.07) is 5.50. The average Bonchev–Trinajstić information content (AvgIpc) is 3.68. The number of amides is 2. The van der Waals surface area contributed by atoms with Gasteiger partial charge in [-0.1, -0.05) is 12.1 Å². The molecule has 2 N–H and O–H groups in total. The Bertz CT molecular complexity index is 2250. The van der Waals surface area contributed by atoms with Gasteiger partial charge in [0.25, 0.3) is 5.91 Å². The molecule has 50 heavy (non-hydrogen) atoms. The van der Waals surface area contributed by atoms with Crippen molar-refractivity contribution in [3.8, 4) is 16.9 Å². The molecule has 4 atom stereocenters. The number of hydrogen-bond acceptors (Lipinski definition) is 11. The van der Waals surface area contributed by atoms with Crippen molar-refractivity contribution in [3.63, 3.8) is 0 Å². The minimum absolute atomic E-state index is 0.138. The van der Waals surface area contributed by atoms with Gasteiger partial charge >= 0.3 is 21.7 Å². The van der Waals surface area contributed by atoms with E-state index in [4.69, 9.17) is 8.85 Å². The van der Waals surface area contributed by atoms with Crippen LogP contribution in [-0.4, -0.2) is 93.3 Å². The van der Waals surface area contributed by atoms with Gasteiger partial charge in [-0.2, -0.15) is 21.6 Å². The summed E-state index contributed by atoms with van der Waals surface area (Å²) in [5.74, 6) is -1.39. The van der Waals surface area contributed by atoms with Gasteiger partial charge in [-0.15, -0.1) is 0 Å². The summed E-state index contributed by atoms with van der Waals surface area (Å²) in [6.45, 7) is 2.52. The van der Waals surface area contributed by atoms with Crippen LogP contribution in [0.1, 0.15) is 65.1 Å². The maximum atomic E-state index is 13.8. The van der Waals surface area contributed by atoms with Crippen LogP contribution >= 0.6 is 0 Å². The highest BCUT2D eigenvalue weighted by Gasteiger charge is 2.50. The van der Waals surface area contributed by atoms with Crippen LogP contribution in [0.15, 0.2) is 48.8 Å². The first-order valence-corrected chi connectivity index (χ1v) is 16.8. The van der Waals surface area contributed by atoms with E-state index in [1.165, 1.54) is 18.5 Å². The van der Waals surface area contributed by atoms with E-state index in [1.54, 1.807) is 48.4 Å². The summed E-state index contributed by atoms with van der Waals surface area (Å²) in [5, 5.41) is 13.2. The largest absolute Gasteiger partial charge is 0.534 e. The van der Waals surface area contributed by atoms with Gasteiger partial charge in [0.2, 0.25) is 5.95 Å². The first-order chi connectivity index (χ1) is 24.6. The minimum Gasteiger partial charge on any atom is -0.444 e. The van der Waals surface area contributed by atoms with Crippen molar-refractivity contribution in [2.75, 3.05) is 25.0 Å². The second-order valence-electron chi connectivity index (χ2n) is 13.2. The number of aromatic nitrogens is 4. The molecule has 2 aromatic carbocycles. The molecule has 7 rings (SSSR count). The lowest BCUT2D eigenvalue weighted by atomic mass is 9.97. The molecule has 264 valence electrons. The van der Waals surface area contributed by atoms with E-state index in [9.17, 15) is 36.3 Å². The maximum absolute atomic E-state index is 13.8. The van der Waals surface area contributed by atoms with Gasteiger partial charge < -0.3 is 33.7 Å². The number of halogens is 3. The molecule has 3 aliphatic rings. The first kappa shape index (κ1) is 29.9. The van der Waals surface area contributed by atoms with E-state index in [0.717, 1.165) is 12.1 Å². The number of rotatable bonds is 5. The Morgan fingerprint density at radius 3 is 2.50 bits per heavy atom. The molecule has 4 aromatic rings. The monoisotopic (exact) mass is 718 g/mol. The SMILES string of the molecule is [2H]C([2H])([2H])N1C(=O)c2cccc(OS(=O)(=O)C(F)(F)F)c2[C@H]2C[C@@H]1c1nc3ccc(-c4cnc(N5C[C@H](NC(=O)OC(C)(C)C)[C@@H](O)C5)nc4)cc3n12. The molecule has 2 amide bonds. The van der Waals surface area contributed by atoms with Crippen LogP contribution in [0.5, 0.6) is 5.75 Å². The summed E-state index contributed by atoms with van der Waals surface area (Å²) >= 11 is 0. The zero-order valence-corrected chi connectivity index (χ0v) is 27.5. The summed E-state index contributed by atoms with van der Waals surface area (Å²) < 4.78 is 101. The van der Waals surface area contributed by atoms with Crippen LogP contribution in [0, 0.1) is 0 Å². The predicted molar refractivity (Wildman–Crippen MR) is 172 cm³/mol. The molecule has 18 heteroatoms. The third-order valence-corrected chi connectivity index (χ3v) is 9.63. The fourth-order valence-corrected chi connectivity index (χ4v) is 6.99. The molecule has 5 heterocycles. The molecule has 0 aliphatic carbocycles. The van der Waals surface area contributed by atoms with E-state index >= 15 is 0 Å². The van der Waals surface area contributed by atoms with E-state index in [1.807, 2.05) is 0 Å². The molecule has 2 aromatic heterocycles. The van der Waals surface area contributed by atoms with Gasteiger partial charge in [-0.3, -0.25) is 4.79 Å². The van der Waals surface area contributed by atoms with E-state index < -0.39 is 70.2 Å². The molecule has 14 nitrogen and oxygen atoms in total. The van der Waals surface area contributed by atoms with Crippen molar-refractivity contribution < 1.29 is 49.3 Å². The lowest BCUT2D eigenvalue weighted by Crippen LogP contribution is -2.45. The van der Waals surface area contributed by atoms with Crippen LogP contribution < -0.4 is 14.4 Å². The highest BCUT2D eigenvalue weighted by molar-refractivity contribution is 7.88. The number of aliphatic hydroxyl groups is 1. The van der Waals surface area contributed by atoms with Gasteiger partial charge in [-0.05, 0) is 50.6 Å². The number of alkyl halides is 3. The molecule has 1 saturated heterocycles. The molecule has 2 bridgehead atoms. The summed E-state index contributed by atoms with van der Waals surface area (Å²) in [4.78, 5) is 41.9. The Morgan fingerprint density at radius 1 is 1.08 bits per heavy atom. The highest BCUT2D eigenvalue weighted by atomic mass is 32.2. The van der Waals surface area contributed by atoms with Crippen LogP contribution in [-0.2, 0) is 14.9 Å². The number of alkyl carbamates (subject to hydrolysis) is 1. The molecular formula is C32H32F3N7O7S. The Morgan fingerprint density at radius 2 is 1.82 bits per heavy atom. The summed E-state index contributed by atoms with van der Waals surface area (Å²) in [5.41, 5.74) is -5.17. The second kappa shape index (κ2) is 11.5. The van der Waals surface area contributed by atoms with Crippen LogP contribution in [0.4, 0.5) is 23.9 Å². The van der Waals surface area contributed by atoms with Gasteiger partial charge in [0.1, 0.15) is 17.2 Å².